The number of nitrogens with zero attached hydrogens (tertiary/aromatic N) is 2. The molecule has 0 saturated heterocycles. The van der Waals surface area contributed by atoms with Crippen molar-refractivity contribution < 1.29 is 4.79 Å². The van der Waals surface area contributed by atoms with E-state index in [9.17, 15) is 10.1 Å². The molecule has 1 aromatic heterocycles. The van der Waals surface area contributed by atoms with E-state index < -0.39 is 6.04 Å². The summed E-state index contributed by atoms with van der Waals surface area (Å²) >= 11 is 6.05. The van der Waals surface area contributed by atoms with Gasteiger partial charge in [0.15, 0.2) is 0 Å². The van der Waals surface area contributed by atoms with Crippen LogP contribution in [0.3, 0.4) is 0 Å². The molecule has 1 atom stereocenters. The van der Waals surface area contributed by atoms with Crippen molar-refractivity contribution in [3.8, 4) is 6.07 Å². The molecule has 1 amide bonds. The van der Waals surface area contributed by atoms with Crippen molar-refractivity contribution in [3.63, 3.8) is 0 Å². The van der Waals surface area contributed by atoms with Crippen LogP contribution in [-0.4, -0.2) is 16.9 Å². The maximum absolute atomic E-state index is 12.2. The molecule has 5 heteroatoms. The minimum Gasteiger partial charge on any atom is -0.336 e. The number of hydrogen-bond acceptors (Lipinski definition) is 3. The highest BCUT2D eigenvalue weighted by atomic mass is 35.5. The quantitative estimate of drug-likeness (QED) is 0.929. The average molecular weight is 292 g/mol. The first-order valence-electron chi connectivity index (χ1n) is 6.94. The number of carbonyl (C=O) groups is 1. The SMILES string of the molecule is Cc1cc(Cl)c(C(=O)NC(C#N)C2CCCCC2)cn1. The third-order valence-corrected chi connectivity index (χ3v) is 4.09. The first-order valence-corrected chi connectivity index (χ1v) is 7.32. The first kappa shape index (κ1) is 14.8. The van der Waals surface area contributed by atoms with Crippen LogP contribution in [-0.2, 0) is 0 Å². The second-order valence-electron chi connectivity index (χ2n) is 5.28. The van der Waals surface area contributed by atoms with Crippen LogP contribution in [0.4, 0.5) is 0 Å². The summed E-state index contributed by atoms with van der Waals surface area (Å²) in [4.78, 5) is 16.3. The van der Waals surface area contributed by atoms with Crippen molar-refractivity contribution in [1.82, 2.24) is 10.3 Å². The number of halogens is 1. The summed E-state index contributed by atoms with van der Waals surface area (Å²) in [5.41, 5.74) is 1.09. The van der Waals surface area contributed by atoms with Gasteiger partial charge in [0.1, 0.15) is 6.04 Å². The first-order chi connectivity index (χ1) is 9.61. The Balaban J connectivity index is 2.07. The van der Waals surface area contributed by atoms with Gasteiger partial charge in [0.2, 0.25) is 0 Å². The Morgan fingerprint density at radius 3 is 2.80 bits per heavy atom. The summed E-state index contributed by atoms with van der Waals surface area (Å²) in [7, 11) is 0. The Bertz CT molecular complexity index is 532. The van der Waals surface area contributed by atoms with E-state index in [1.165, 1.54) is 12.6 Å². The van der Waals surface area contributed by atoms with Crippen LogP contribution in [0.5, 0.6) is 0 Å². The van der Waals surface area contributed by atoms with E-state index in [-0.39, 0.29) is 11.8 Å². The molecule has 0 spiro atoms. The number of nitrogens with one attached hydrogen (secondary N) is 1. The van der Waals surface area contributed by atoms with Gasteiger partial charge in [-0.2, -0.15) is 5.26 Å². The Morgan fingerprint density at radius 2 is 2.20 bits per heavy atom. The number of aryl methyl sites for hydroxylation is 1. The van der Waals surface area contributed by atoms with Crippen LogP contribution >= 0.6 is 11.6 Å². The average Bonchev–Trinajstić information content (AvgIpc) is 2.45. The number of rotatable bonds is 3. The van der Waals surface area contributed by atoms with E-state index in [1.54, 1.807) is 6.07 Å². The lowest BCUT2D eigenvalue weighted by atomic mass is 9.84. The van der Waals surface area contributed by atoms with E-state index in [4.69, 9.17) is 11.6 Å². The van der Waals surface area contributed by atoms with Crippen LogP contribution in [0, 0.1) is 24.2 Å². The Morgan fingerprint density at radius 1 is 1.50 bits per heavy atom. The lowest BCUT2D eigenvalue weighted by Crippen LogP contribution is -2.40. The van der Waals surface area contributed by atoms with Gasteiger partial charge in [0.05, 0.1) is 16.7 Å². The molecule has 1 heterocycles. The van der Waals surface area contributed by atoms with Crippen molar-refractivity contribution in [1.29, 1.82) is 5.26 Å². The van der Waals surface area contributed by atoms with E-state index in [2.05, 4.69) is 16.4 Å². The number of aromatic nitrogens is 1. The largest absolute Gasteiger partial charge is 0.336 e. The minimum absolute atomic E-state index is 0.245. The number of amides is 1. The molecule has 0 aromatic carbocycles. The molecule has 1 aliphatic carbocycles. The van der Waals surface area contributed by atoms with Crippen molar-refractivity contribution in [3.05, 3.63) is 28.5 Å². The van der Waals surface area contributed by atoms with Gasteiger partial charge in [-0.1, -0.05) is 30.9 Å². The zero-order chi connectivity index (χ0) is 14.5. The molecule has 0 radical (unpaired) electrons. The molecular weight excluding hydrogens is 274 g/mol. The number of hydrogen-bond donors (Lipinski definition) is 1. The third-order valence-electron chi connectivity index (χ3n) is 3.78. The summed E-state index contributed by atoms with van der Waals surface area (Å²) in [5, 5.41) is 12.4. The van der Waals surface area contributed by atoms with Crippen molar-refractivity contribution >= 4 is 17.5 Å². The van der Waals surface area contributed by atoms with E-state index in [1.807, 2.05) is 6.92 Å². The number of carbonyl (C=O) groups excluding carboxylic acids is 1. The zero-order valence-electron chi connectivity index (χ0n) is 11.5. The molecule has 1 unspecified atom stereocenters. The normalized spacial score (nSPS) is 17.2. The van der Waals surface area contributed by atoms with E-state index in [0.717, 1.165) is 31.4 Å². The highest BCUT2D eigenvalue weighted by Crippen LogP contribution is 2.26. The fourth-order valence-electron chi connectivity index (χ4n) is 2.64. The summed E-state index contributed by atoms with van der Waals surface area (Å²) < 4.78 is 0. The summed E-state index contributed by atoms with van der Waals surface area (Å²) in [6.45, 7) is 1.81. The van der Waals surface area contributed by atoms with Crippen LogP contribution in [0.25, 0.3) is 0 Å². The van der Waals surface area contributed by atoms with Gasteiger partial charge in [-0.3, -0.25) is 9.78 Å². The molecular formula is C15H18ClN3O. The van der Waals surface area contributed by atoms with Crippen LogP contribution < -0.4 is 5.32 Å². The molecule has 4 nitrogen and oxygen atoms in total. The molecule has 1 fully saturated rings. The van der Waals surface area contributed by atoms with Gasteiger partial charge < -0.3 is 5.32 Å². The monoisotopic (exact) mass is 291 g/mol. The molecule has 1 aliphatic rings. The molecule has 106 valence electrons. The third kappa shape index (κ3) is 3.49. The highest BCUT2D eigenvalue weighted by molar-refractivity contribution is 6.33. The molecule has 2 rings (SSSR count). The Kier molecular flexibility index (Phi) is 4.97. The highest BCUT2D eigenvalue weighted by Gasteiger charge is 2.25. The second kappa shape index (κ2) is 6.71. The van der Waals surface area contributed by atoms with Gasteiger partial charge in [-0.05, 0) is 31.7 Å². The van der Waals surface area contributed by atoms with Gasteiger partial charge in [0.25, 0.3) is 5.91 Å². The standard InChI is InChI=1S/C15H18ClN3O/c1-10-7-13(16)12(9-18-10)15(20)19-14(8-17)11-5-3-2-4-6-11/h7,9,11,14H,2-6H2,1H3,(H,19,20). The lowest BCUT2D eigenvalue weighted by Gasteiger charge is -2.26. The topological polar surface area (TPSA) is 65.8 Å². The second-order valence-corrected chi connectivity index (χ2v) is 5.69. The molecule has 20 heavy (non-hydrogen) atoms. The van der Waals surface area contributed by atoms with Crippen molar-refractivity contribution in [2.24, 2.45) is 5.92 Å². The molecule has 0 bridgehead atoms. The van der Waals surface area contributed by atoms with Gasteiger partial charge in [-0.15, -0.1) is 0 Å². The maximum atomic E-state index is 12.2. The van der Waals surface area contributed by atoms with E-state index in [0.29, 0.717) is 10.6 Å². The van der Waals surface area contributed by atoms with Gasteiger partial charge >= 0.3 is 0 Å². The fourth-order valence-corrected chi connectivity index (χ4v) is 2.93. The van der Waals surface area contributed by atoms with Crippen LogP contribution in [0.15, 0.2) is 12.3 Å². The maximum Gasteiger partial charge on any atom is 0.255 e. The molecule has 1 aromatic rings. The molecule has 0 aliphatic heterocycles. The fraction of sp³-hybridized carbons (Fsp3) is 0.533. The molecule has 1 saturated carbocycles. The van der Waals surface area contributed by atoms with Gasteiger partial charge in [0, 0.05) is 11.9 Å². The number of nitriles is 1. The minimum atomic E-state index is -0.444. The lowest BCUT2D eigenvalue weighted by molar-refractivity contribution is 0.0928. The van der Waals surface area contributed by atoms with E-state index >= 15 is 0 Å². The zero-order valence-corrected chi connectivity index (χ0v) is 12.3. The summed E-state index contributed by atoms with van der Waals surface area (Å²) in [5.74, 6) is -0.0745. The van der Waals surface area contributed by atoms with Crippen LogP contribution in [0.2, 0.25) is 5.02 Å². The summed E-state index contributed by atoms with van der Waals surface area (Å²) in [6.07, 6.45) is 6.94. The molecule has 1 N–H and O–H groups in total. The number of pyridine rings is 1. The Hall–Kier alpha value is -1.60. The van der Waals surface area contributed by atoms with Crippen molar-refractivity contribution in [2.45, 2.75) is 45.1 Å². The smallest absolute Gasteiger partial charge is 0.255 e. The predicted molar refractivity (Wildman–Crippen MR) is 77.4 cm³/mol. The Labute approximate surface area is 124 Å². The van der Waals surface area contributed by atoms with Crippen LogP contribution in [0.1, 0.15) is 48.2 Å². The predicted octanol–water partition coefficient (Wildman–Crippen LogP) is 3.25. The summed E-state index contributed by atoms with van der Waals surface area (Å²) in [6, 6.07) is 3.41. The van der Waals surface area contributed by atoms with Gasteiger partial charge in [-0.25, -0.2) is 0 Å². The van der Waals surface area contributed by atoms with Crippen molar-refractivity contribution in [2.75, 3.05) is 0 Å².